The molecule has 15 heteroatoms. The lowest BCUT2D eigenvalue weighted by Crippen LogP contribution is -2.58. The van der Waals surface area contributed by atoms with E-state index in [1.165, 1.54) is 11.8 Å². The number of aromatic nitrogens is 1. The highest BCUT2D eigenvalue weighted by molar-refractivity contribution is 7.98. The summed E-state index contributed by atoms with van der Waals surface area (Å²) in [4.78, 5) is 57.5. The van der Waals surface area contributed by atoms with Crippen molar-refractivity contribution in [3.63, 3.8) is 0 Å². The number of aromatic amines is 1. The van der Waals surface area contributed by atoms with E-state index in [0.717, 1.165) is 10.9 Å². The van der Waals surface area contributed by atoms with Crippen LogP contribution in [0.3, 0.4) is 0 Å². The number of carbonyl (C=O) groups excluding carboxylic acids is 3. The number of benzene rings is 1. The van der Waals surface area contributed by atoms with E-state index in [1.54, 1.807) is 6.20 Å². The van der Waals surface area contributed by atoms with E-state index >= 15 is 0 Å². The van der Waals surface area contributed by atoms with Crippen LogP contribution in [-0.4, -0.2) is 94.2 Å². The first-order valence-corrected chi connectivity index (χ1v) is 14.1. The van der Waals surface area contributed by atoms with E-state index in [4.69, 9.17) is 17.2 Å². The van der Waals surface area contributed by atoms with E-state index in [9.17, 15) is 29.4 Å². The number of H-pyrrole nitrogens is 1. The van der Waals surface area contributed by atoms with Gasteiger partial charge in [-0.15, -0.1) is 0 Å². The predicted molar refractivity (Wildman–Crippen MR) is 153 cm³/mol. The number of hydrogen-bond acceptors (Lipinski definition) is 8. The van der Waals surface area contributed by atoms with Gasteiger partial charge in [0.05, 0.1) is 12.6 Å². The first kappa shape index (κ1) is 32.4. The third kappa shape index (κ3) is 10.1. The third-order valence-electron chi connectivity index (χ3n) is 6.08. The number of nitrogens with zero attached hydrogens (tertiary/aromatic N) is 1. The molecule has 0 aliphatic heterocycles. The molecule has 4 atom stereocenters. The number of nitrogens with one attached hydrogen (secondary N) is 4. The van der Waals surface area contributed by atoms with Gasteiger partial charge in [-0.05, 0) is 42.9 Å². The van der Waals surface area contributed by atoms with Crippen LogP contribution in [0.25, 0.3) is 10.9 Å². The Balaban J connectivity index is 2.15. The van der Waals surface area contributed by atoms with E-state index in [0.29, 0.717) is 17.7 Å². The minimum atomic E-state index is -1.37. The molecule has 0 aliphatic rings. The number of rotatable bonds is 17. The molecule has 0 fully saturated rings. The third-order valence-corrected chi connectivity index (χ3v) is 6.72. The number of fused-ring (bicyclic) bond motifs is 1. The highest BCUT2D eigenvalue weighted by Crippen LogP contribution is 2.19. The van der Waals surface area contributed by atoms with Gasteiger partial charge in [0, 0.05) is 30.1 Å². The lowest BCUT2D eigenvalue weighted by molar-refractivity contribution is -0.142. The second-order valence-corrected chi connectivity index (χ2v) is 10.1. The standard InChI is InChI=1S/C25H38N8O6S/c1-40-10-8-16(26)21(35)33-20(13-34)23(37)31-18(7-4-9-29-25(27)28)22(36)32-19(24(38)39)11-14-12-30-17-6-3-2-5-15(14)17/h2-3,5-6,12,16,18-20,30,34H,4,7-11,13,26H2,1H3,(H,31,37)(H,32,36)(H,33,35)(H,38,39)(H4,27,28,29). The van der Waals surface area contributed by atoms with Crippen LogP contribution >= 0.6 is 11.8 Å². The summed E-state index contributed by atoms with van der Waals surface area (Å²) in [5.41, 5.74) is 18.0. The molecular formula is C25H38N8O6S. The molecule has 2 rings (SSSR count). The number of para-hydroxylation sites is 1. The fourth-order valence-corrected chi connectivity index (χ4v) is 4.38. The molecule has 0 bridgehead atoms. The van der Waals surface area contributed by atoms with Crippen LogP contribution in [0.1, 0.15) is 24.8 Å². The van der Waals surface area contributed by atoms with Crippen molar-refractivity contribution in [3.05, 3.63) is 36.0 Å². The fraction of sp³-hybridized carbons (Fsp3) is 0.480. The summed E-state index contributed by atoms with van der Waals surface area (Å²) in [5, 5.41) is 27.7. The van der Waals surface area contributed by atoms with Gasteiger partial charge in [-0.1, -0.05) is 18.2 Å². The average Bonchev–Trinajstić information content (AvgIpc) is 3.33. The molecule has 12 N–H and O–H groups in total. The van der Waals surface area contributed by atoms with E-state index in [-0.39, 0.29) is 31.8 Å². The summed E-state index contributed by atoms with van der Waals surface area (Å²) in [6.45, 7) is -0.586. The fourth-order valence-electron chi connectivity index (χ4n) is 3.89. The summed E-state index contributed by atoms with van der Waals surface area (Å²) in [6.07, 6.45) is 4.22. The first-order chi connectivity index (χ1) is 19.1. The zero-order chi connectivity index (χ0) is 29.7. The molecule has 0 spiro atoms. The van der Waals surface area contributed by atoms with Crippen LogP contribution in [0.2, 0.25) is 0 Å². The summed E-state index contributed by atoms with van der Waals surface area (Å²) in [5.74, 6) is -2.99. The summed E-state index contributed by atoms with van der Waals surface area (Å²) >= 11 is 1.51. The van der Waals surface area contributed by atoms with Crippen LogP contribution in [0.15, 0.2) is 35.5 Å². The lowest BCUT2D eigenvalue weighted by atomic mass is 10.0. The molecule has 3 amide bonds. The van der Waals surface area contributed by atoms with Gasteiger partial charge < -0.3 is 48.3 Å². The first-order valence-electron chi connectivity index (χ1n) is 12.7. The number of thioether (sulfide) groups is 1. The zero-order valence-corrected chi connectivity index (χ0v) is 23.1. The van der Waals surface area contributed by atoms with Crippen molar-refractivity contribution in [2.75, 3.05) is 25.2 Å². The van der Waals surface area contributed by atoms with Crippen molar-refractivity contribution in [1.29, 1.82) is 0 Å². The van der Waals surface area contributed by atoms with Gasteiger partial charge in [0.25, 0.3) is 0 Å². The molecule has 1 aromatic heterocycles. The second-order valence-electron chi connectivity index (χ2n) is 9.10. The Morgan fingerprint density at radius 2 is 1.65 bits per heavy atom. The number of aliphatic hydroxyl groups is 1. The number of aliphatic imine (C=N–C) groups is 1. The minimum Gasteiger partial charge on any atom is -0.480 e. The smallest absolute Gasteiger partial charge is 0.326 e. The minimum absolute atomic E-state index is 0.0109. The number of nitrogens with two attached hydrogens (primary N) is 3. The zero-order valence-electron chi connectivity index (χ0n) is 22.3. The van der Waals surface area contributed by atoms with Crippen molar-refractivity contribution in [2.24, 2.45) is 22.2 Å². The number of carboxylic acids is 1. The number of guanidine groups is 1. The normalized spacial score (nSPS) is 14.0. The van der Waals surface area contributed by atoms with Crippen molar-refractivity contribution >= 4 is 52.3 Å². The largest absolute Gasteiger partial charge is 0.480 e. The SMILES string of the molecule is CSCCC(N)C(=O)NC(CO)C(=O)NC(CCCN=C(N)N)C(=O)NC(Cc1c[nH]c2ccccc12)C(=O)O. The quantitative estimate of drug-likeness (QED) is 0.0589. The topological polar surface area (TPSA) is 251 Å². The Morgan fingerprint density at radius 1 is 1.00 bits per heavy atom. The molecule has 1 heterocycles. The molecule has 0 aliphatic carbocycles. The Morgan fingerprint density at radius 3 is 2.30 bits per heavy atom. The number of carbonyl (C=O) groups is 4. The highest BCUT2D eigenvalue weighted by atomic mass is 32.2. The number of hydrogen-bond donors (Lipinski definition) is 9. The van der Waals surface area contributed by atoms with Crippen molar-refractivity contribution in [3.8, 4) is 0 Å². The van der Waals surface area contributed by atoms with Crippen LogP contribution in [0.4, 0.5) is 0 Å². The van der Waals surface area contributed by atoms with Gasteiger partial charge >= 0.3 is 5.97 Å². The molecule has 4 unspecified atom stereocenters. The molecule has 220 valence electrons. The maximum absolute atomic E-state index is 13.2. The summed E-state index contributed by atoms with van der Waals surface area (Å²) in [7, 11) is 0. The molecule has 40 heavy (non-hydrogen) atoms. The van der Waals surface area contributed by atoms with E-state index in [2.05, 4.69) is 25.9 Å². The molecule has 0 saturated carbocycles. The van der Waals surface area contributed by atoms with Gasteiger partial charge in [-0.25, -0.2) is 4.79 Å². The van der Waals surface area contributed by atoms with Crippen molar-refractivity contribution < 1.29 is 29.4 Å². The van der Waals surface area contributed by atoms with Gasteiger partial charge in [0.15, 0.2) is 5.96 Å². The van der Waals surface area contributed by atoms with Crippen molar-refractivity contribution in [2.45, 2.75) is 49.9 Å². The van der Waals surface area contributed by atoms with Gasteiger partial charge in [0.1, 0.15) is 18.1 Å². The van der Waals surface area contributed by atoms with E-state index < -0.39 is 54.5 Å². The molecule has 1 aromatic carbocycles. The highest BCUT2D eigenvalue weighted by Gasteiger charge is 2.30. The Kier molecular flexibility index (Phi) is 13.2. The summed E-state index contributed by atoms with van der Waals surface area (Å²) < 4.78 is 0. The van der Waals surface area contributed by atoms with Crippen LogP contribution < -0.4 is 33.2 Å². The Hall–Kier alpha value is -3.82. The summed E-state index contributed by atoms with van der Waals surface area (Å²) in [6, 6.07) is 2.59. The monoisotopic (exact) mass is 578 g/mol. The molecule has 2 aromatic rings. The second kappa shape index (κ2) is 16.3. The van der Waals surface area contributed by atoms with Crippen LogP contribution in [-0.2, 0) is 25.6 Å². The Bertz CT molecular complexity index is 1190. The lowest BCUT2D eigenvalue weighted by Gasteiger charge is -2.24. The van der Waals surface area contributed by atoms with Gasteiger partial charge in [-0.2, -0.15) is 11.8 Å². The molecule has 14 nitrogen and oxygen atoms in total. The average molecular weight is 579 g/mol. The molecule has 0 radical (unpaired) electrons. The van der Waals surface area contributed by atoms with Crippen LogP contribution in [0, 0.1) is 0 Å². The number of aliphatic carboxylic acids is 1. The van der Waals surface area contributed by atoms with Gasteiger partial charge in [-0.3, -0.25) is 19.4 Å². The van der Waals surface area contributed by atoms with Gasteiger partial charge in [0.2, 0.25) is 17.7 Å². The number of carboxylic acid groups (broad SMARTS) is 1. The molecule has 0 saturated heterocycles. The number of amides is 3. The maximum atomic E-state index is 13.2. The van der Waals surface area contributed by atoms with E-state index in [1.807, 2.05) is 30.5 Å². The predicted octanol–water partition coefficient (Wildman–Crippen LogP) is -1.62. The van der Waals surface area contributed by atoms with Crippen molar-refractivity contribution in [1.82, 2.24) is 20.9 Å². The Labute approximate surface area is 235 Å². The van der Waals surface area contributed by atoms with Crippen LogP contribution in [0.5, 0.6) is 0 Å². The number of aliphatic hydroxyl groups excluding tert-OH is 1. The maximum Gasteiger partial charge on any atom is 0.326 e. The molecular weight excluding hydrogens is 540 g/mol.